The van der Waals surface area contributed by atoms with Crippen LogP contribution < -0.4 is 10.1 Å². The van der Waals surface area contributed by atoms with E-state index in [0.717, 1.165) is 16.9 Å². The number of nitrogens with zero attached hydrogens (tertiary/aromatic N) is 1. The van der Waals surface area contributed by atoms with E-state index in [-0.39, 0.29) is 0 Å². The predicted octanol–water partition coefficient (Wildman–Crippen LogP) is 5.48. The van der Waals surface area contributed by atoms with Crippen molar-refractivity contribution >= 4 is 23.2 Å². The molecule has 0 unspecified atom stereocenters. The summed E-state index contributed by atoms with van der Waals surface area (Å²) in [4.78, 5) is 0. The van der Waals surface area contributed by atoms with Gasteiger partial charge in [0.05, 0.1) is 11.6 Å². The topological polar surface area (TPSA) is 47.3 Å². The Morgan fingerprint density at radius 3 is 2.83 bits per heavy atom. The van der Waals surface area contributed by atoms with Gasteiger partial charge in [-0.25, -0.2) is 0 Å². The van der Waals surface area contributed by atoms with Crippen LogP contribution >= 0.6 is 11.6 Å². The van der Waals surface area contributed by atoms with E-state index in [1.165, 1.54) is 0 Å². The number of halogens is 1. The number of benzene rings is 2. The minimum absolute atomic E-state index is 0.497. The van der Waals surface area contributed by atoms with E-state index in [1.807, 2.05) is 55.5 Å². The largest absolute Gasteiger partial charge is 0.494 e. The summed E-state index contributed by atoms with van der Waals surface area (Å²) in [6, 6.07) is 17.0. The van der Waals surface area contributed by atoms with E-state index in [2.05, 4.69) is 17.1 Å². The average molecular weight is 341 g/mol. The monoisotopic (exact) mass is 340 g/mol. The zero-order valence-corrected chi connectivity index (χ0v) is 14.0. The van der Waals surface area contributed by atoms with Crippen LogP contribution in [0.4, 0.5) is 5.88 Å². The lowest BCUT2D eigenvalue weighted by atomic mass is 10.1. The van der Waals surface area contributed by atoms with E-state index in [9.17, 15) is 0 Å². The molecule has 2 aromatic carbocycles. The Morgan fingerprint density at radius 1 is 1.21 bits per heavy atom. The molecule has 4 nitrogen and oxygen atoms in total. The molecule has 0 spiro atoms. The Bertz CT molecular complexity index is 858. The lowest BCUT2D eigenvalue weighted by molar-refractivity contribution is 0.340. The highest BCUT2D eigenvalue weighted by Gasteiger charge is 2.10. The van der Waals surface area contributed by atoms with Crippen molar-refractivity contribution in [3.8, 4) is 17.0 Å². The quantitative estimate of drug-likeness (QED) is 0.645. The van der Waals surface area contributed by atoms with Gasteiger partial charge in [0.2, 0.25) is 5.88 Å². The molecule has 1 heterocycles. The summed E-state index contributed by atoms with van der Waals surface area (Å²) in [6.07, 6.45) is 0. The minimum atomic E-state index is 0.497. The van der Waals surface area contributed by atoms with Crippen LogP contribution in [0.25, 0.3) is 17.0 Å². The molecule has 122 valence electrons. The van der Waals surface area contributed by atoms with Gasteiger partial charge in [-0.2, -0.15) is 0 Å². The van der Waals surface area contributed by atoms with Crippen LogP contribution in [0.1, 0.15) is 12.5 Å². The molecule has 0 radical (unpaired) electrons. The molecule has 0 fully saturated rings. The SMILES string of the molecule is C=C(Nc1cc(-c2ccccc2Cl)no1)c1cccc(OCC)c1. The fourth-order valence-corrected chi connectivity index (χ4v) is 2.52. The van der Waals surface area contributed by atoms with Gasteiger partial charge in [0.15, 0.2) is 0 Å². The summed E-state index contributed by atoms with van der Waals surface area (Å²) in [5.41, 5.74) is 3.09. The Kier molecular flexibility index (Phi) is 4.87. The summed E-state index contributed by atoms with van der Waals surface area (Å²) in [6.45, 7) is 6.61. The van der Waals surface area contributed by atoms with E-state index >= 15 is 0 Å². The van der Waals surface area contributed by atoms with Crippen LogP contribution in [-0.4, -0.2) is 11.8 Å². The van der Waals surface area contributed by atoms with Crippen molar-refractivity contribution in [1.82, 2.24) is 5.16 Å². The Labute approximate surface area is 145 Å². The molecule has 5 heteroatoms. The molecule has 1 N–H and O–H groups in total. The third-order valence-electron chi connectivity index (χ3n) is 3.43. The molecule has 3 rings (SSSR count). The van der Waals surface area contributed by atoms with Gasteiger partial charge < -0.3 is 14.6 Å². The number of hydrogen-bond acceptors (Lipinski definition) is 4. The summed E-state index contributed by atoms with van der Waals surface area (Å²) in [7, 11) is 0. The van der Waals surface area contributed by atoms with Gasteiger partial charge in [-0.3, -0.25) is 0 Å². The predicted molar refractivity (Wildman–Crippen MR) is 97.2 cm³/mol. The highest BCUT2D eigenvalue weighted by atomic mass is 35.5. The fourth-order valence-electron chi connectivity index (χ4n) is 2.29. The maximum atomic E-state index is 6.18. The minimum Gasteiger partial charge on any atom is -0.494 e. The van der Waals surface area contributed by atoms with Crippen molar-refractivity contribution in [1.29, 1.82) is 0 Å². The van der Waals surface area contributed by atoms with Gasteiger partial charge in [-0.05, 0) is 25.1 Å². The van der Waals surface area contributed by atoms with E-state index in [4.69, 9.17) is 20.9 Å². The molecule has 0 saturated carbocycles. The van der Waals surface area contributed by atoms with Gasteiger partial charge in [-0.1, -0.05) is 53.7 Å². The molecule has 0 bridgehead atoms. The first-order valence-corrected chi connectivity index (χ1v) is 7.96. The van der Waals surface area contributed by atoms with Crippen molar-refractivity contribution < 1.29 is 9.26 Å². The van der Waals surface area contributed by atoms with Crippen LogP contribution in [0, 0.1) is 0 Å². The van der Waals surface area contributed by atoms with Gasteiger partial charge in [0.25, 0.3) is 0 Å². The summed E-state index contributed by atoms with van der Waals surface area (Å²) in [5, 5.41) is 7.79. The van der Waals surface area contributed by atoms with Gasteiger partial charge in [0, 0.05) is 22.9 Å². The van der Waals surface area contributed by atoms with Crippen LogP contribution in [0.15, 0.2) is 65.7 Å². The normalized spacial score (nSPS) is 10.4. The summed E-state index contributed by atoms with van der Waals surface area (Å²) < 4.78 is 10.8. The van der Waals surface area contributed by atoms with Gasteiger partial charge in [0.1, 0.15) is 11.4 Å². The van der Waals surface area contributed by atoms with E-state index in [1.54, 1.807) is 6.07 Å². The lowest BCUT2D eigenvalue weighted by Gasteiger charge is -2.09. The van der Waals surface area contributed by atoms with Crippen molar-refractivity contribution in [2.45, 2.75) is 6.92 Å². The number of aromatic nitrogens is 1. The molecule has 1 aromatic heterocycles. The molecular formula is C19H17ClN2O2. The molecule has 0 saturated heterocycles. The molecule has 0 aliphatic rings. The Morgan fingerprint density at radius 2 is 2.04 bits per heavy atom. The molecule has 0 aliphatic carbocycles. The zero-order chi connectivity index (χ0) is 16.9. The molecule has 3 aromatic rings. The first-order valence-electron chi connectivity index (χ1n) is 7.58. The Hall–Kier alpha value is -2.72. The molecule has 0 atom stereocenters. The maximum absolute atomic E-state index is 6.18. The highest BCUT2D eigenvalue weighted by Crippen LogP contribution is 2.29. The summed E-state index contributed by atoms with van der Waals surface area (Å²) in [5.74, 6) is 1.30. The van der Waals surface area contributed by atoms with Gasteiger partial charge >= 0.3 is 0 Å². The third kappa shape index (κ3) is 3.60. The van der Waals surface area contributed by atoms with Crippen molar-refractivity contribution in [3.05, 3.63) is 71.8 Å². The van der Waals surface area contributed by atoms with Crippen LogP contribution in [0.2, 0.25) is 5.02 Å². The van der Waals surface area contributed by atoms with Crippen LogP contribution in [0.3, 0.4) is 0 Å². The van der Waals surface area contributed by atoms with Crippen molar-refractivity contribution in [3.63, 3.8) is 0 Å². The molecule has 0 aliphatic heterocycles. The second-order valence-corrected chi connectivity index (χ2v) is 5.53. The smallest absolute Gasteiger partial charge is 0.229 e. The number of anilines is 1. The van der Waals surface area contributed by atoms with Gasteiger partial charge in [-0.15, -0.1) is 0 Å². The standard InChI is InChI=1S/C19H17ClN2O2/c1-3-23-15-8-6-7-14(11-15)13(2)21-19-12-18(22-24-19)16-9-4-5-10-17(16)20/h4-12,21H,2-3H2,1H3. The zero-order valence-electron chi connectivity index (χ0n) is 13.3. The average Bonchev–Trinajstić information content (AvgIpc) is 3.04. The number of hydrogen-bond donors (Lipinski definition) is 1. The number of ether oxygens (including phenoxy) is 1. The third-order valence-corrected chi connectivity index (χ3v) is 3.76. The van der Waals surface area contributed by atoms with Crippen LogP contribution in [0.5, 0.6) is 5.75 Å². The first kappa shape index (κ1) is 16.1. The number of rotatable bonds is 6. The van der Waals surface area contributed by atoms with Crippen LogP contribution in [-0.2, 0) is 0 Å². The molecular weight excluding hydrogens is 324 g/mol. The van der Waals surface area contributed by atoms with Crippen molar-refractivity contribution in [2.75, 3.05) is 11.9 Å². The summed E-state index contributed by atoms with van der Waals surface area (Å²) >= 11 is 6.18. The van der Waals surface area contributed by atoms with E-state index in [0.29, 0.717) is 28.9 Å². The lowest BCUT2D eigenvalue weighted by Crippen LogP contribution is -1.97. The molecule has 0 amide bonds. The van der Waals surface area contributed by atoms with Crippen molar-refractivity contribution in [2.24, 2.45) is 0 Å². The second-order valence-electron chi connectivity index (χ2n) is 5.12. The molecule has 24 heavy (non-hydrogen) atoms. The first-order chi connectivity index (χ1) is 11.7. The second kappa shape index (κ2) is 7.23. The van der Waals surface area contributed by atoms with E-state index < -0.39 is 0 Å². The highest BCUT2D eigenvalue weighted by molar-refractivity contribution is 6.33. The Balaban J connectivity index is 1.76. The maximum Gasteiger partial charge on any atom is 0.229 e. The number of nitrogens with one attached hydrogen (secondary N) is 1. The fraction of sp³-hybridized carbons (Fsp3) is 0.105.